The summed E-state index contributed by atoms with van der Waals surface area (Å²) in [7, 11) is 0. The zero-order valence-corrected chi connectivity index (χ0v) is 17.6. The maximum absolute atomic E-state index is 13.7. The highest BCUT2D eigenvalue weighted by atomic mass is 19.2. The van der Waals surface area contributed by atoms with Gasteiger partial charge in [-0.15, -0.1) is 0 Å². The Morgan fingerprint density at radius 3 is 1.97 bits per heavy atom. The van der Waals surface area contributed by atoms with Gasteiger partial charge in [-0.3, -0.25) is 9.69 Å². The van der Waals surface area contributed by atoms with Crippen LogP contribution in [0.3, 0.4) is 0 Å². The molecular formula is C27H22F3NO. The van der Waals surface area contributed by atoms with Gasteiger partial charge in [-0.2, -0.15) is 0 Å². The Morgan fingerprint density at radius 2 is 1.38 bits per heavy atom. The van der Waals surface area contributed by atoms with Crippen LogP contribution in [0.1, 0.15) is 22.3 Å². The molecule has 0 atom stereocenters. The van der Waals surface area contributed by atoms with Gasteiger partial charge in [-0.1, -0.05) is 42.5 Å². The maximum atomic E-state index is 13.7. The molecule has 0 bridgehead atoms. The van der Waals surface area contributed by atoms with Gasteiger partial charge >= 0.3 is 0 Å². The van der Waals surface area contributed by atoms with Gasteiger partial charge in [0.05, 0.1) is 0 Å². The number of hydrogen-bond donors (Lipinski definition) is 0. The van der Waals surface area contributed by atoms with E-state index in [-0.39, 0.29) is 11.6 Å². The largest absolute Gasteiger partial charge is 0.290 e. The van der Waals surface area contributed by atoms with Crippen molar-refractivity contribution in [3.05, 3.63) is 118 Å². The molecule has 0 amide bonds. The van der Waals surface area contributed by atoms with Crippen LogP contribution in [0.15, 0.2) is 77.9 Å². The molecular weight excluding hydrogens is 411 g/mol. The van der Waals surface area contributed by atoms with E-state index in [0.29, 0.717) is 41.9 Å². The number of nitrogens with zero attached hydrogens (tertiary/aromatic N) is 1. The van der Waals surface area contributed by atoms with E-state index in [4.69, 9.17) is 0 Å². The number of benzene rings is 3. The molecule has 3 aromatic rings. The second-order valence-corrected chi connectivity index (χ2v) is 7.98. The minimum atomic E-state index is -0.957. The molecule has 4 rings (SSSR count). The van der Waals surface area contributed by atoms with E-state index < -0.39 is 11.6 Å². The van der Waals surface area contributed by atoms with E-state index in [2.05, 4.69) is 4.90 Å². The third kappa shape index (κ3) is 5.06. The van der Waals surface area contributed by atoms with Crippen LogP contribution in [0.2, 0.25) is 0 Å². The molecule has 1 aliphatic rings. The molecule has 1 fully saturated rings. The molecule has 32 heavy (non-hydrogen) atoms. The zero-order chi connectivity index (χ0) is 22.7. The lowest BCUT2D eigenvalue weighted by Gasteiger charge is -2.30. The normalized spacial score (nSPS) is 17.3. The third-order valence-electron chi connectivity index (χ3n) is 5.43. The van der Waals surface area contributed by atoms with Gasteiger partial charge in [0.2, 0.25) is 0 Å². The van der Waals surface area contributed by atoms with Crippen LogP contribution in [-0.4, -0.2) is 23.8 Å². The average Bonchev–Trinajstić information content (AvgIpc) is 2.77. The summed E-state index contributed by atoms with van der Waals surface area (Å²) in [6.07, 6.45) is 3.37. The summed E-state index contributed by atoms with van der Waals surface area (Å²) in [5.74, 6) is -2.34. The van der Waals surface area contributed by atoms with Crippen molar-refractivity contribution in [1.82, 2.24) is 4.90 Å². The first-order valence-electron chi connectivity index (χ1n) is 10.3. The molecule has 0 saturated carbocycles. The summed E-state index contributed by atoms with van der Waals surface area (Å²) < 4.78 is 40.7. The number of halogens is 3. The van der Waals surface area contributed by atoms with Gasteiger partial charge in [-0.05, 0) is 65.6 Å². The van der Waals surface area contributed by atoms with Crippen molar-refractivity contribution in [3.63, 3.8) is 0 Å². The predicted octanol–water partition coefficient (Wildman–Crippen LogP) is 5.96. The lowest BCUT2D eigenvalue weighted by Crippen LogP contribution is -2.37. The number of carbonyl (C=O) groups is 1. The number of likely N-dealkylation sites (tertiary alicyclic amines) is 1. The minimum Gasteiger partial charge on any atom is -0.290 e. The van der Waals surface area contributed by atoms with E-state index in [1.807, 2.05) is 30.3 Å². The molecule has 2 nitrogen and oxygen atoms in total. The second kappa shape index (κ2) is 9.37. The fourth-order valence-corrected chi connectivity index (χ4v) is 3.83. The summed E-state index contributed by atoms with van der Waals surface area (Å²) in [5.41, 5.74) is 3.81. The lowest BCUT2D eigenvalue weighted by atomic mass is 9.93. The van der Waals surface area contributed by atoms with E-state index in [1.54, 1.807) is 31.2 Å². The first-order chi connectivity index (χ1) is 15.4. The van der Waals surface area contributed by atoms with Crippen LogP contribution in [-0.2, 0) is 11.3 Å². The molecule has 1 heterocycles. The van der Waals surface area contributed by atoms with Gasteiger partial charge in [0.1, 0.15) is 5.82 Å². The average molecular weight is 433 g/mol. The molecule has 0 aromatic heterocycles. The first kappa shape index (κ1) is 21.8. The Balaban J connectivity index is 1.70. The van der Waals surface area contributed by atoms with Gasteiger partial charge in [0.15, 0.2) is 17.4 Å². The van der Waals surface area contributed by atoms with Crippen LogP contribution in [0.5, 0.6) is 0 Å². The quantitative estimate of drug-likeness (QED) is 0.473. The summed E-state index contributed by atoms with van der Waals surface area (Å²) >= 11 is 0. The number of piperidine rings is 1. The Hall–Kier alpha value is -3.44. The predicted molar refractivity (Wildman–Crippen MR) is 120 cm³/mol. The standard InChI is InChI=1S/C27H22F3NO/c1-18-11-20(7-9-24(18)28)12-22-16-31(15-19-5-3-2-4-6-19)17-23(27(22)32)13-21-8-10-25(29)26(30)14-21/h2-14H,15-17H2,1H3/b22-12+,23-13+. The van der Waals surface area contributed by atoms with E-state index >= 15 is 0 Å². The van der Waals surface area contributed by atoms with Crippen LogP contribution < -0.4 is 0 Å². The first-order valence-corrected chi connectivity index (χ1v) is 10.3. The van der Waals surface area contributed by atoms with E-state index in [0.717, 1.165) is 23.3 Å². The fraction of sp³-hybridized carbons (Fsp3) is 0.148. The molecule has 162 valence electrons. The Kier molecular flexibility index (Phi) is 6.37. The number of aryl methyl sites for hydroxylation is 1. The molecule has 5 heteroatoms. The summed E-state index contributed by atoms with van der Waals surface area (Å²) in [4.78, 5) is 15.3. The Bertz CT molecular complexity index is 1140. The fourth-order valence-electron chi connectivity index (χ4n) is 3.83. The summed E-state index contributed by atoms with van der Waals surface area (Å²) in [6.45, 7) is 3.12. The molecule has 3 aromatic carbocycles. The van der Waals surface area contributed by atoms with Crippen molar-refractivity contribution in [2.75, 3.05) is 13.1 Å². The van der Waals surface area contributed by atoms with E-state index in [9.17, 15) is 18.0 Å². The Labute approximate surface area is 185 Å². The summed E-state index contributed by atoms with van der Waals surface area (Å²) in [6, 6.07) is 18.2. The smallest absolute Gasteiger partial charge is 0.187 e. The topological polar surface area (TPSA) is 20.3 Å². The zero-order valence-electron chi connectivity index (χ0n) is 17.6. The number of rotatable bonds is 4. The van der Waals surface area contributed by atoms with Crippen molar-refractivity contribution in [3.8, 4) is 0 Å². The molecule has 1 saturated heterocycles. The number of carbonyl (C=O) groups excluding carboxylic acids is 1. The number of ketones is 1. The highest BCUT2D eigenvalue weighted by Gasteiger charge is 2.26. The Morgan fingerprint density at radius 1 is 0.781 bits per heavy atom. The molecule has 0 N–H and O–H groups in total. The number of Topliss-reactive ketones (excluding diaryl/α,β-unsaturated/α-hetero) is 1. The van der Waals surface area contributed by atoms with Crippen molar-refractivity contribution in [1.29, 1.82) is 0 Å². The van der Waals surface area contributed by atoms with Gasteiger partial charge in [-0.25, -0.2) is 13.2 Å². The highest BCUT2D eigenvalue weighted by Crippen LogP contribution is 2.24. The highest BCUT2D eigenvalue weighted by molar-refractivity contribution is 6.14. The van der Waals surface area contributed by atoms with Crippen LogP contribution in [0.25, 0.3) is 12.2 Å². The van der Waals surface area contributed by atoms with Crippen molar-refractivity contribution >= 4 is 17.9 Å². The van der Waals surface area contributed by atoms with Crippen molar-refractivity contribution < 1.29 is 18.0 Å². The monoisotopic (exact) mass is 433 g/mol. The molecule has 0 radical (unpaired) electrons. The third-order valence-corrected chi connectivity index (χ3v) is 5.43. The maximum Gasteiger partial charge on any atom is 0.187 e. The SMILES string of the molecule is Cc1cc(/C=C2\CN(Cc3ccccc3)C/C(=C\c3ccc(F)c(F)c3)C2=O)ccc1F. The molecule has 1 aliphatic heterocycles. The van der Waals surface area contributed by atoms with Crippen LogP contribution in [0, 0.1) is 24.4 Å². The van der Waals surface area contributed by atoms with Gasteiger partial charge < -0.3 is 0 Å². The molecule has 0 spiro atoms. The minimum absolute atomic E-state index is 0.152. The van der Waals surface area contributed by atoms with Crippen molar-refractivity contribution in [2.24, 2.45) is 0 Å². The summed E-state index contributed by atoms with van der Waals surface area (Å²) in [5, 5.41) is 0. The molecule has 0 aliphatic carbocycles. The number of hydrogen-bond acceptors (Lipinski definition) is 2. The van der Waals surface area contributed by atoms with Crippen LogP contribution >= 0.6 is 0 Å². The van der Waals surface area contributed by atoms with Gasteiger partial charge in [0, 0.05) is 30.8 Å². The van der Waals surface area contributed by atoms with Crippen molar-refractivity contribution in [2.45, 2.75) is 13.5 Å². The molecule has 0 unspecified atom stereocenters. The van der Waals surface area contributed by atoms with Crippen LogP contribution in [0.4, 0.5) is 13.2 Å². The van der Waals surface area contributed by atoms with E-state index in [1.165, 1.54) is 12.1 Å². The lowest BCUT2D eigenvalue weighted by molar-refractivity contribution is -0.113. The van der Waals surface area contributed by atoms with Gasteiger partial charge in [0.25, 0.3) is 0 Å². The second-order valence-electron chi connectivity index (χ2n) is 7.98.